The molecular formula is C20H24FNO4S. The Kier molecular flexibility index (Phi) is 6.77. The molecule has 0 bridgehead atoms. The summed E-state index contributed by atoms with van der Waals surface area (Å²) in [6.45, 7) is 1.88. The van der Waals surface area contributed by atoms with Crippen LogP contribution in [-0.2, 0) is 11.2 Å². The van der Waals surface area contributed by atoms with Gasteiger partial charge in [-0.15, -0.1) is 11.8 Å². The lowest BCUT2D eigenvalue weighted by Gasteiger charge is -2.21. The molecule has 27 heavy (non-hydrogen) atoms. The third-order valence-corrected chi connectivity index (χ3v) is 5.49. The number of aryl methyl sites for hydroxylation is 1. The van der Waals surface area contributed by atoms with Gasteiger partial charge in [-0.05, 0) is 50.8 Å². The van der Waals surface area contributed by atoms with Crippen molar-refractivity contribution in [2.45, 2.75) is 51.1 Å². The summed E-state index contributed by atoms with van der Waals surface area (Å²) in [4.78, 5) is 15.1. The minimum absolute atomic E-state index is 0.0691. The van der Waals surface area contributed by atoms with E-state index >= 15 is 0 Å². The summed E-state index contributed by atoms with van der Waals surface area (Å²) in [5, 5.41) is 8.60. The Morgan fingerprint density at radius 1 is 1.41 bits per heavy atom. The van der Waals surface area contributed by atoms with Gasteiger partial charge in [-0.2, -0.15) is 0 Å². The van der Waals surface area contributed by atoms with Crippen molar-refractivity contribution < 1.29 is 23.1 Å². The highest BCUT2D eigenvalue weighted by atomic mass is 32.2. The number of hydrogen-bond acceptors (Lipinski definition) is 5. The summed E-state index contributed by atoms with van der Waals surface area (Å²) in [6, 6.07) is 3.77. The van der Waals surface area contributed by atoms with E-state index in [4.69, 9.17) is 13.9 Å². The molecule has 3 rings (SSSR count). The van der Waals surface area contributed by atoms with Crippen LogP contribution in [0.25, 0.3) is 6.08 Å². The summed E-state index contributed by atoms with van der Waals surface area (Å²) in [7, 11) is 0. The minimum Gasteiger partial charge on any atom is -0.481 e. The predicted molar refractivity (Wildman–Crippen MR) is 103 cm³/mol. The summed E-state index contributed by atoms with van der Waals surface area (Å²) >= 11 is 1.33. The Bertz CT molecular complexity index is 798. The number of halogens is 1. The van der Waals surface area contributed by atoms with Crippen LogP contribution in [0.3, 0.4) is 0 Å². The van der Waals surface area contributed by atoms with Gasteiger partial charge in [0.1, 0.15) is 23.5 Å². The van der Waals surface area contributed by atoms with Crippen LogP contribution in [0.4, 0.5) is 4.39 Å². The van der Waals surface area contributed by atoms with Crippen molar-refractivity contribution in [3.05, 3.63) is 47.1 Å². The molecule has 2 atom stereocenters. The molecule has 0 aliphatic heterocycles. The largest absolute Gasteiger partial charge is 0.481 e. The van der Waals surface area contributed by atoms with Crippen molar-refractivity contribution >= 4 is 23.8 Å². The summed E-state index contributed by atoms with van der Waals surface area (Å²) < 4.78 is 25.2. The van der Waals surface area contributed by atoms with E-state index in [1.165, 1.54) is 11.8 Å². The average Bonchev–Trinajstić information content (AvgIpc) is 3.22. The van der Waals surface area contributed by atoms with Gasteiger partial charge in [-0.3, -0.25) is 4.79 Å². The third-order valence-electron chi connectivity index (χ3n) is 4.61. The first kappa shape index (κ1) is 19.7. The molecule has 1 aliphatic carbocycles. The highest BCUT2D eigenvalue weighted by Gasteiger charge is 2.27. The second-order valence-electron chi connectivity index (χ2n) is 6.81. The van der Waals surface area contributed by atoms with E-state index in [1.54, 1.807) is 0 Å². The number of carbonyl (C=O) groups is 1. The van der Waals surface area contributed by atoms with Crippen molar-refractivity contribution in [1.29, 1.82) is 0 Å². The molecule has 0 saturated heterocycles. The topological polar surface area (TPSA) is 76.5 Å². The highest BCUT2D eigenvalue weighted by molar-refractivity contribution is 8.00. The molecular weight excluding hydrogens is 369 g/mol. The Balaban J connectivity index is 1.57. The molecule has 0 aromatic carbocycles. The number of oxazole rings is 1. The molecule has 2 aromatic heterocycles. The van der Waals surface area contributed by atoms with Gasteiger partial charge in [0.2, 0.25) is 0 Å². The lowest BCUT2D eigenvalue weighted by Crippen LogP contribution is -2.15. The van der Waals surface area contributed by atoms with Crippen LogP contribution in [0.1, 0.15) is 60.5 Å². The zero-order chi connectivity index (χ0) is 19.2. The maximum absolute atomic E-state index is 13.6. The van der Waals surface area contributed by atoms with Crippen LogP contribution in [0.5, 0.6) is 0 Å². The van der Waals surface area contributed by atoms with Gasteiger partial charge in [-0.25, -0.2) is 9.37 Å². The van der Waals surface area contributed by atoms with Crippen LogP contribution in [0, 0.1) is 6.92 Å². The normalized spacial score (nSPS) is 20.4. The molecule has 1 N–H and O–H groups in total. The van der Waals surface area contributed by atoms with Gasteiger partial charge in [-0.1, -0.05) is 6.08 Å². The van der Waals surface area contributed by atoms with E-state index in [9.17, 15) is 9.18 Å². The number of hydrogen-bond donors (Lipinski definition) is 1. The minimum atomic E-state index is -0.814. The first-order valence-corrected chi connectivity index (χ1v) is 10.3. The average molecular weight is 393 g/mol. The molecule has 0 radical (unpaired) electrons. The number of rotatable bonds is 8. The van der Waals surface area contributed by atoms with Crippen LogP contribution in [-0.4, -0.2) is 33.7 Å². The van der Waals surface area contributed by atoms with E-state index in [-0.39, 0.29) is 11.7 Å². The maximum Gasteiger partial charge on any atom is 0.313 e. The monoisotopic (exact) mass is 393 g/mol. The molecule has 1 saturated carbocycles. The Morgan fingerprint density at radius 3 is 3.04 bits per heavy atom. The fraction of sp³-hybridized carbons (Fsp3) is 0.500. The van der Waals surface area contributed by atoms with E-state index in [0.29, 0.717) is 30.9 Å². The first-order valence-electron chi connectivity index (χ1n) is 9.16. The fourth-order valence-corrected chi connectivity index (χ4v) is 3.79. The van der Waals surface area contributed by atoms with Crippen LogP contribution in [0.15, 0.2) is 27.0 Å². The molecule has 0 spiro atoms. The Morgan fingerprint density at radius 2 is 2.26 bits per heavy atom. The summed E-state index contributed by atoms with van der Waals surface area (Å²) in [5.74, 6) is 2.86. The quantitative estimate of drug-likeness (QED) is 0.637. The maximum atomic E-state index is 13.6. The molecule has 1 aliphatic rings. The van der Waals surface area contributed by atoms with E-state index in [1.807, 2.05) is 31.2 Å². The zero-order valence-corrected chi connectivity index (χ0v) is 16.1. The lowest BCUT2D eigenvalue weighted by atomic mass is 9.88. The van der Waals surface area contributed by atoms with Gasteiger partial charge in [0.15, 0.2) is 5.89 Å². The molecule has 7 heteroatoms. The van der Waals surface area contributed by atoms with Gasteiger partial charge < -0.3 is 13.9 Å². The standard InChI is InChI=1S/C20H24FNO4S/c1-13-18(22-20(25-13)14-4-2-5-15(21)10-14)11-17-8-7-16(26-17)6-3-9-27-12-19(23)24/h3,6-8,14-15H,2,4-5,9-12H2,1H3,(H,23,24)/b6-3+. The number of thioether (sulfide) groups is 1. The molecule has 5 nitrogen and oxygen atoms in total. The van der Waals surface area contributed by atoms with Gasteiger partial charge in [0.05, 0.1) is 17.9 Å². The first-order chi connectivity index (χ1) is 13.0. The number of alkyl halides is 1. The SMILES string of the molecule is Cc1oc(C2CCCC(F)C2)nc1Cc1ccc(/C=C/CSCC(=O)O)o1. The van der Waals surface area contributed by atoms with E-state index in [2.05, 4.69) is 4.98 Å². The van der Waals surface area contributed by atoms with Crippen molar-refractivity contribution in [1.82, 2.24) is 4.98 Å². The Hall–Kier alpha value is -2.02. The van der Waals surface area contributed by atoms with Gasteiger partial charge in [0, 0.05) is 11.7 Å². The smallest absolute Gasteiger partial charge is 0.313 e. The highest BCUT2D eigenvalue weighted by Crippen LogP contribution is 2.34. The van der Waals surface area contributed by atoms with Gasteiger partial charge in [0.25, 0.3) is 0 Å². The number of furan rings is 1. The molecule has 0 amide bonds. The Labute approximate surface area is 162 Å². The van der Waals surface area contributed by atoms with Crippen molar-refractivity contribution in [3.8, 4) is 0 Å². The van der Waals surface area contributed by atoms with E-state index in [0.717, 1.165) is 35.8 Å². The summed E-state index contributed by atoms with van der Waals surface area (Å²) in [5.41, 5.74) is 0.827. The fourth-order valence-electron chi connectivity index (χ4n) is 3.27. The molecule has 2 heterocycles. The number of carboxylic acids is 1. The lowest BCUT2D eigenvalue weighted by molar-refractivity contribution is -0.133. The third kappa shape index (κ3) is 5.73. The van der Waals surface area contributed by atoms with Gasteiger partial charge >= 0.3 is 5.97 Å². The number of nitrogens with zero attached hydrogens (tertiary/aromatic N) is 1. The van der Waals surface area contributed by atoms with Crippen LogP contribution < -0.4 is 0 Å². The van der Waals surface area contributed by atoms with Crippen molar-refractivity contribution in [3.63, 3.8) is 0 Å². The molecule has 1 fully saturated rings. The molecule has 2 aromatic rings. The number of carboxylic acid groups (broad SMARTS) is 1. The van der Waals surface area contributed by atoms with Crippen LogP contribution in [0.2, 0.25) is 0 Å². The summed E-state index contributed by atoms with van der Waals surface area (Å²) in [6.07, 6.45) is 6.43. The second-order valence-corrected chi connectivity index (χ2v) is 7.84. The van der Waals surface area contributed by atoms with Crippen molar-refractivity contribution in [2.75, 3.05) is 11.5 Å². The van der Waals surface area contributed by atoms with Crippen molar-refractivity contribution in [2.24, 2.45) is 0 Å². The number of aromatic nitrogens is 1. The second kappa shape index (κ2) is 9.26. The zero-order valence-electron chi connectivity index (χ0n) is 15.3. The number of aliphatic carboxylic acids is 1. The van der Waals surface area contributed by atoms with E-state index < -0.39 is 12.1 Å². The van der Waals surface area contributed by atoms with Crippen LogP contribution >= 0.6 is 11.8 Å². The predicted octanol–water partition coefficient (Wildman–Crippen LogP) is 4.99. The molecule has 2 unspecified atom stereocenters. The molecule has 146 valence electrons.